The number of carbonyl (C=O) groups is 1. The van der Waals surface area contributed by atoms with Gasteiger partial charge < -0.3 is 5.32 Å². The van der Waals surface area contributed by atoms with Crippen LogP contribution < -0.4 is 5.32 Å². The van der Waals surface area contributed by atoms with Gasteiger partial charge in [0, 0.05) is 10.6 Å². The monoisotopic (exact) mass is 434 g/mol. The van der Waals surface area contributed by atoms with E-state index >= 15 is 0 Å². The van der Waals surface area contributed by atoms with E-state index in [9.17, 15) is 4.79 Å². The van der Waals surface area contributed by atoms with Gasteiger partial charge in [-0.3, -0.25) is 9.79 Å². The highest BCUT2D eigenvalue weighted by atomic mass is 35.5. The number of carbonyl (C=O) groups excluding carboxylic acids is 1. The van der Waals surface area contributed by atoms with E-state index in [1.165, 1.54) is 24.6 Å². The van der Waals surface area contributed by atoms with Gasteiger partial charge in [-0.1, -0.05) is 48.2 Å². The predicted octanol–water partition coefficient (Wildman–Crippen LogP) is 5.05. The fraction of sp³-hybridized carbons (Fsp3) is 0.350. The molecule has 0 spiro atoms. The lowest BCUT2D eigenvalue weighted by molar-refractivity contribution is -0.115. The quantitative estimate of drug-likeness (QED) is 0.684. The maximum Gasteiger partial charge on any atom is 0.264 e. The summed E-state index contributed by atoms with van der Waals surface area (Å²) in [4.78, 5) is 17.6. The molecule has 28 heavy (non-hydrogen) atoms. The Balaban J connectivity index is 1.55. The molecule has 0 radical (unpaired) electrons. The number of nitrogens with zero attached hydrogens (tertiary/aromatic N) is 3. The minimum Gasteiger partial charge on any atom is -0.301 e. The van der Waals surface area contributed by atoms with Gasteiger partial charge in [0.15, 0.2) is 5.17 Å². The van der Waals surface area contributed by atoms with Gasteiger partial charge in [0.05, 0.1) is 23.2 Å². The first kappa shape index (κ1) is 19.6. The van der Waals surface area contributed by atoms with Gasteiger partial charge in [-0.15, -0.1) is 0 Å². The molecule has 0 atom stereocenters. The molecular weight excluding hydrogens is 415 g/mol. The lowest BCUT2D eigenvalue weighted by Crippen LogP contribution is -2.21. The van der Waals surface area contributed by atoms with Crippen LogP contribution in [0.15, 0.2) is 34.2 Å². The van der Waals surface area contributed by atoms with Crippen LogP contribution in [0.5, 0.6) is 0 Å². The lowest BCUT2D eigenvalue weighted by Gasteiger charge is -2.04. The largest absolute Gasteiger partial charge is 0.301 e. The van der Waals surface area contributed by atoms with E-state index in [2.05, 4.69) is 15.4 Å². The van der Waals surface area contributed by atoms with Crippen molar-refractivity contribution in [1.29, 1.82) is 0 Å². The fourth-order valence-corrected chi connectivity index (χ4v) is 4.71. The minimum atomic E-state index is -0.136. The van der Waals surface area contributed by atoms with Crippen molar-refractivity contribution in [2.75, 3.05) is 0 Å². The zero-order valence-corrected chi connectivity index (χ0v) is 17.7. The van der Waals surface area contributed by atoms with E-state index in [0.29, 0.717) is 32.8 Å². The first-order valence-electron chi connectivity index (χ1n) is 9.25. The molecule has 1 amide bonds. The maximum absolute atomic E-state index is 12.4. The highest BCUT2D eigenvalue weighted by molar-refractivity contribution is 8.18. The van der Waals surface area contributed by atoms with Crippen LogP contribution in [-0.4, -0.2) is 26.9 Å². The molecule has 1 aromatic carbocycles. The number of hydrogen-bond donors (Lipinski definition) is 1. The summed E-state index contributed by atoms with van der Waals surface area (Å²) in [5.74, 6) is -0.136. The summed E-state index contributed by atoms with van der Waals surface area (Å²) in [6.07, 6.45) is 6.43. The fourth-order valence-electron chi connectivity index (χ4n) is 3.42. The summed E-state index contributed by atoms with van der Waals surface area (Å²) in [6, 6.07) is 7.90. The van der Waals surface area contributed by atoms with Crippen molar-refractivity contribution in [3.63, 3.8) is 0 Å². The Kier molecular flexibility index (Phi) is 5.80. The summed E-state index contributed by atoms with van der Waals surface area (Å²) in [6.45, 7) is 2.43. The summed E-state index contributed by atoms with van der Waals surface area (Å²) in [7, 11) is 0. The van der Waals surface area contributed by atoms with Crippen LogP contribution in [0, 0.1) is 6.92 Å². The van der Waals surface area contributed by atoms with Crippen molar-refractivity contribution in [2.24, 2.45) is 4.99 Å². The molecule has 0 unspecified atom stereocenters. The Morgan fingerprint density at radius 2 is 2.00 bits per heavy atom. The van der Waals surface area contributed by atoms with Crippen LogP contribution in [0.3, 0.4) is 0 Å². The highest BCUT2D eigenvalue weighted by Gasteiger charge is 2.26. The number of nitrogens with one attached hydrogen (secondary N) is 1. The number of amidine groups is 1. The molecule has 2 fully saturated rings. The van der Waals surface area contributed by atoms with Gasteiger partial charge in [-0.05, 0) is 55.3 Å². The first-order valence-corrected chi connectivity index (χ1v) is 10.8. The molecule has 1 N–H and O–H groups in total. The molecule has 4 rings (SSSR count). The number of benzene rings is 1. The van der Waals surface area contributed by atoms with Gasteiger partial charge in [-0.25, -0.2) is 4.68 Å². The average Bonchev–Trinajstić information content (AvgIpc) is 3.35. The number of hydrogen-bond acceptors (Lipinski definition) is 4. The predicted molar refractivity (Wildman–Crippen MR) is 116 cm³/mol. The van der Waals surface area contributed by atoms with Gasteiger partial charge >= 0.3 is 0 Å². The van der Waals surface area contributed by atoms with Gasteiger partial charge in [0.1, 0.15) is 5.15 Å². The Hall–Kier alpha value is -1.76. The van der Waals surface area contributed by atoms with Crippen molar-refractivity contribution in [2.45, 2.75) is 45.2 Å². The van der Waals surface area contributed by atoms with Crippen LogP contribution >= 0.6 is 35.0 Å². The lowest BCUT2D eigenvalue weighted by atomic mass is 10.2. The number of rotatable bonds is 4. The van der Waals surface area contributed by atoms with Crippen molar-refractivity contribution in [1.82, 2.24) is 15.1 Å². The van der Waals surface area contributed by atoms with Crippen molar-refractivity contribution in [3.8, 4) is 0 Å². The third-order valence-corrected chi connectivity index (χ3v) is 6.48. The Morgan fingerprint density at radius 1 is 1.29 bits per heavy atom. The van der Waals surface area contributed by atoms with E-state index in [1.54, 1.807) is 10.8 Å². The Bertz CT molecular complexity index is 959. The zero-order chi connectivity index (χ0) is 19.7. The van der Waals surface area contributed by atoms with Gasteiger partial charge in [0.2, 0.25) is 0 Å². The zero-order valence-electron chi connectivity index (χ0n) is 15.4. The third-order valence-electron chi connectivity index (χ3n) is 4.91. The van der Waals surface area contributed by atoms with Crippen LogP contribution in [0.25, 0.3) is 6.08 Å². The van der Waals surface area contributed by atoms with E-state index in [0.717, 1.165) is 29.7 Å². The van der Waals surface area contributed by atoms with E-state index in [1.807, 2.05) is 31.2 Å². The van der Waals surface area contributed by atoms with Gasteiger partial charge in [-0.2, -0.15) is 5.10 Å². The number of thioether (sulfide) groups is 1. The SMILES string of the molecule is Cc1nn(Cc2ccc(Cl)cc2)c(Cl)c1/C=C1\SC(=NC2CCCC2)NC1=O. The summed E-state index contributed by atoms with van der Waals surface area (Å²) >= 11 is 13.9. The number of amides is 1. The normalized spacial score (nSPS) is 20.5. The molecule has 0 bridgehead atoms. The molecule has 8 heteroatoms. The summed E-state index contributed by atoms with van der Waals surface area (Å²) < 4.78 is 1.73. The molecule has 1 saturated carbocycles. The molecular formula is C20H20Cl2N4OS. The molecule has 5 nitrogen and oxygen atoms in total. The van der Waals surface area contributed by atoms with E-state index in [-0.39, 0.29) is 5.91 Å². The third kappa shape index (κ3) is 4.29. The van der Waals surface area contributed by atoms with Crippen LogP contribution in [0.1, 0.15) is 42.5 Å². The molecule has 1 saturated heterocycles. The molecule has 146 valence electrons. The highest BCUT2D eigenvalue weighted by Crippen LogP contribution is 2.31. The van der Waals surface area contributed by atoms with Gasteiger partial charge in [0.25, 0.3) is 5.91 Å². The van der Waals surface area contributed by atoms with Crippen LogP contribution in [0.4, 0.5) is 0 Å². The van der Waals surface area contributed by atoms with Crippen molar-refractivity contribution in [3.05, 3.63) is 56.2 Å². The second-order valence-electron chi connectivity index (χ2n) is 7.01. The number of aliphatic imine (C=N–C) groups is 1. The van der Waals surface area contributed by atoms with Crippen molar-refractivity contribution >= 4 is 52.1 Å². The van der Waals surface area contributed by atoms with E-state index < -0.39 is 0 Å². The molecule has 2 aliphatic rings. The minimum absolute atomic E-state index is 0.136. The second-order valence-corrected chi connectivity index (χ2v) is 8.84. The Labute approximate surface area is 178 Å². The molecule has 1 aliphatic heterocycles. The number of aryl methyl sites for hydroxylation is 1. The topological polar surface area (TPSA) is 59.3 Å². The van der Waals surface area contributed by atoms with Crippen molar-refractivity contribution < 1.29 is 4.79 Å². The first-order chi connectivity index (χ1) is 13.5. The standard InChI is InChI=1S/C20H20Cl2N4OS/c1-12-16(18(22)26(25-12)11-13-6-8-14(21)9-7-13)10-17-19(27)24-20(28-17)23-15-4-2-3-5-15/h6-10,15H,2-5,11H2,1H3,(H,23,24,27)/b17-10-. The molecule has 2 heterocycles. The summed E-state index contributed by atoms with van der Waals surface area (Å²) in [5.41, 5.74) is 2.59. The maximum atomic E-state index is 12.4. The molecule has 2 aromatic rings. The van der Waals surface area contributed by atoms with Crippen LogP contribution in [-0.2, 0) is 11.3 Å². The molecule has 1 aliphatic carbocycles. The second kappa shape index (κ2) is 8.31. The Morgan fingerprint density at radius 3 is 2.71 bits per heavy atom. The number of halogens is 2. The van der Waals surface area contributed by atoms with Crippen LogP contribution in [0.2, 0.25) is 10.2 Å². The smallest absolute Gasteiger partial charge is 0.264 e. The van der Waals surface area contributed by atoms with E-state index in [4.69, 9.17) is 23.2 Å². The number of aromatic nitrogens is 2. The summed E-state index contributed by atoms with van der Waals surface area (Å²) in [5, 5.41) is 9.28. The molecule has 1 aromatic heterocycles. The average molecular weight is 435 g/mol.